The third kappa shape index (κ3) is 4.46. The molecule has 1 aromatic carbocycles. The highest BCUT2D eigenvalue weighted by Gasteiger charge is 2.23. The van der Waals surface area contributed by atoms with Gasteiger partial charge in [-0.25, -0.2) is 9.97 Å². The summed E-state index contributed by atoms with van der Waals surface area (Å²) in [6.45, 7) is 2.27. The summed E-state index contributed by atoms with van der Waals surface area (Å²) in [6, 6.07) is 10.5. The lowest BCUT2D eigenvalue weighted by atomic mass is 10.0. The molecule has 0 bridgehead atoms. The summed E-state index contributed by atoms with van der Waals surface area (Å²) < 4.78 is 3.18. The van der Waals surface area contributed by atoms with Crippen LogP contribution < -0.4 is 5.73 Å². The molecular formula is C24H27N7OS. The Hall–Kier alpha value is -3.30. The SMILES string of the molecule is CN(C)C(=O)CN1CCC(n2cc(-c3cnc(N)c(-c4nc5ccccc5s4)c3)cn2)CC1. The van der Waals surface area contributed by atoms with Crippen molar-refractivity contribution in [3.05, 3.63) is 48.9 Å². The zero-order valence-corrected chi connectivity index (χ0v) is 19.6. The molecule has 1 aliphatic heterocycles. The highest BCUT2D eigenvalue weighted by molar-refractivity contribution is 7.21. The minimum atomic E-state index is 0.148. The number of likely N-dealkylation sites (tertiary alicyclic amines) is 1. The number of para-hydroxylation sites is 1. The quantitative estimate of drug-likeness (QED) is 0.489. The fourth-order valence-corrected chi connectivity index (χ4v) is 5.14. The second-order valence-electron chi connectivity index (χ2n) is 8.65. The number of hydrogen-bond donors (Lipinski definition) is 1. The van der Waals surface area contributed by atoms with E-state index >= 15 is 0 Å². The normalized spacial score (nSPS) is 15.2. The standard InChI is InChI=1S/C24H27N7OS/c1-29(2)22(32)15-30-9-7-18(8-10-30)31-14-17(13-27-31)16-11-19(23(25)26-12-16)24-28-20-5-3-4-6-21(20)33-24/h3-6,11-14,18H,7-10,15H2,1-2H3,(H2,25,26). The number of thiazole rings is 1. The topological polar surface area (TPSA) is 93.2 Å². The van der Waals surface area contributed by atoms with Crippen molar-refractivity contribution in [3.63, 3.8) is 0 Å². The third-order valence-electron chi connectivity index (χ3n) is 6.17. The Morgan fingerprint density at radius 2 is 1.97 bits per heavy atom. The van der Waals surface area contributed by atoms with Crippen LogP contribution in [0.3, 0.4) is 0 Å². The van der Waals surface area contributed by atoms with Gasteiger partial charge in [0.2, 0.25) is 5.91 Å². The van der Waals surface area contributed by atoms with E-state index in [1.165, 1.54) is 0 Å². The predicted octanol–water partition coefficient (Wildman–Crippen LogP) is 3.53. The second kappa shape index (κ2) is 8.92. The van der Waals surface area contributed by atoms with Crippen molar-refractivity contribution < 1.29 is 4.79 Å². The molecule has 1 aliphatic rings. The third-order valence-corrected chi connectivity index (χ3v) is 7.24. The maximum absolute atomic E-state index is 12.0. The van der Waals surface area contributed by atoms with Gasteiger partial charge in [-0.05, 0) is 31.0 Å². The number of carbonyl (C=O) groups is 1. The number of nitrogens with two attached hydrogens (primary N) is 1. The molecular weight excluding hydrogens is 434 g/mol. The molecule has 0 unspecified atom stereocenters. The van der Waals surface area contributed by atoms with Crippen LogP contribution in [0.1, 0.15) is 18.9 Å². The van der Waals surface area contributed by atoms with Crippen LogP contribution in [0, 0.1) is 0 Å². The Balaban J connectivity index is 1.32. The van der Waals surface area contributed by atoms with Crippen LogP contribution in [-0.2, 0) is 4.79 Å². The lowest BCUT2D eigenvalue weighted by molar-refractivity contribution is -0.130. The molecule has 0 atom stereocenters. The Morgan fingerprint density at radius 3 is 2.73 bits per heavy atom. The van der Waals surface area contributed by atoms with Crippen LogP contribution in [-0.4, -0.2) is 69.2 Å². The van der Waals surface area contributed by atoms with Crippen LogP contribution in [0.15, 0.2) is 48.9 Å². The summed E-state index contributed by atoms with van der Waals surface area (Å²) in [5.74, 6) is 0.624. The summed E-state index contributed by atoms with van der Waals surface area (Å²) >= 11 is 1.62. The number of carbonyl (C=O) groups excluding carboxylic acids is 1. The van der Waals surface area contributed by atoms with Gasteiger partial charge in [0, 0.05) is 50.7 Å². The number of rotatable bonds is 5. The van der Waals surface area contributed by atoms with Gasteiger partial charge in [0.15, 0.2) is 0 Å². The van der Waals surface area contributed by atoms with Crippen LogP contribution in [0.2, 0.25) is 0 Å². The molecule has 9 heteroatoms. The zero-order valence-electron chi connectivity index (χ0n) is 18.8. The van der Waals surface area contributed by atoms with Gasteiger partial charge < -0.3 is 10.6 Å². The van der Waals surface area contributed by atoms with Crippen LogP contribution in [0.4, 0.5) is 5.82 Å². The Kier molecular flexibility index (Phi) is 5.82. The van der Waals surface area contributed by atoms with E-state index in [-0.39, 0.29) is 5.91 Å². The molecule has 33 heavy (non-hydrogen) atoms. The number of fused-ring (bicyclic) bond motifs is 1. The van der Waals surface area contributed by atoms with Gasteiger partial charge in [-0.3, -0.25) is 14.4 Å². The minimum Gasteiger partial charge on any atom is -0.383 e. The van der Waals surface area contributed by atoms with E-state index in [9.17, 15) is 4.79 Å². The zero-order chi connectivity index (χ0) is 22.9. The molecule has 0 saturated carbocycles. The number of likely N-dealkylation sites (N-methyl/N-ethyl adjacent to an activating group) is 1. The van der Waals surface area contributed by atoms with Crippen molar-refractivity contribution in [1.29, 1.82) is 0 Å². The second-order valence-corrected chi connectivity index (χ2v) is 9.68. The first-order chi connectivity index (χ1) is 16.0. The van der Waals surface area contributed by atoms with E-state index < -0.39 is 0 Å². The summed E-state index contributed by atoms with van der Waals surface area (Å²) in [4.78, 5) is 25.0. The van der Waals surface area contributed by atoms with E-state index in [0.717, 1.165) is 57.8 Å². The number of anilines is 1. The highest BCUT2D eigenvalue weighted by atomic mass is 32.1. The van der Waals surface area contributed by atoms with Gasteiger partial charge >= 0.3 is 0 Å². The first-order valence-corrected chi connectivity index (χ1v) is 11.9. The first-order valence-electron chi connectivity index (χ1n) is 11.1. The fourth-order valence-electron chi connectivity index (χ4n) is 4.15. The average molecular weight is 462 g/mol. The molecule has 4 heterocycles. The monoisotopic (exact) mass is 461 g/mol. The Morgan fingerprint density at radius 1 is 1.18 bits per heavy atom. The molecule has 1 fully saturated rings. The first kappa shape index (κ1) is 21.5. The average Bonchev–Trinajstić information content (AvgIpc) is 3.47. The van der Waals surface area contributed by atoms with Crippen molar-refractivity contribution in [2.75, 3.05) is 39.5 Å². The molecule has 8 nitrogen and oxygen atoms in total. The predicted molar refractivity (Wildman–Crippen MR) is 132 cm³/mol. The summed E-state index contributed by atoms with van der Waals surface area (Å²) in [5, 5.41) is 5.51. The van der Waals surface area contributed by atoms with Gasteiger partial charge in [-0.1, -0.05) is 12.1 Å². The number of nitrogen functional groups attached to an aromatic ring is 1. The number of benzene rings is 1. The number of piperidine rings is 1. The number of pyridine rings is 1. The molecule has 3 aromatic heterocycles. The van der Waals surface area contributed by atoms with Crippen molar-refractivity contribution in [3.8, 4) is 21.7 Å². The fraction of sp³-hybridized carbons (Fsp3) is 0.333. The lowest BCUT2D eigenvalue weighted by Crippen LogP contribution is -2.41. The number of nitrogens with zero attached hydrogens (tertiary/aromatic N) is 6. The van der Waals surface area contributed by atoms with E-state index in [2.05, 4.69) is 33.3 Å². The van der Waals surface area contributed by atoms with Gasteiger partial charge in [-0.15, -0.1) is 11.3 Å². The molecule has 1 amide bonds. The number of hydrogen-bond acceptors (Lipinski definition) is 7. The Labute approximate surface area is 196 Å². The smallest absolute Gasteiger partial charge is 0.236 e. The van der Waals surface area contributed by atoms with E-state index in [0.29, 0.717) is 18.4 Å². The molecule has 5 rings (SSSR count). The summed E-state index contributed by atoms with van der Waals surface area (Å²) in [7, 11) is 3.60. The van der Waals surface area contributed by atoms with Crippen molar-refractivity contribution in [1.82, 2.24) is 29.5 Å². The van der Waals surface area contributed by atoms with Gasteiger partial charge in [0.05, 0.1) is 34.6 Å². The Bertz CT molecular complexity index is 1250. The summed E-state index contributed by atoms with van der Waals surface area (Å²) in [6.07, 6.45) is 7.71. The maximum Gasteiger partial charge on any atom is 0.236 e. The maximum atomic E-state index is 12.0. The summed E-state index contributed by atoms with van der Waals surface area (Å²) in [5.41, 5.74) is 10.0. The van der Waals surface area contributed by atoms with Crippen LogP contribution in [0.5, 0.6) is 0 Å². The van der Waals surface area contributed by atoms with Crippen LogP contribution >= 0.6 is 11.3 Å². The molecule has 0 aliphatic carbocycles. The van der Waals surface area contributed by atoms with E-state index in [1.54, 1.807) is 36.5 Å². The van der Waals surface area contributed by atoms with Crippen molar-refractivity contribution >= 4 is 33.3 Å². The molecule has 0 spiro atoms. The molecule has 170 valence electrons. The molecule has 2 N–H and O–H groups in total. The molecule has 1 saturated heterocycles. The largest absolute Gasteiger partial charge is 0.383 e. The van der Waals surface area contributed by atoms with Crippen molar-refractivity contribution in [2.45, 2.75) is 18.9 Å². The van der Waals surface area contributed by atoms with E-state index in [4.69, 9.17) is 10.7 Å². The van der Waals surface area contributed by atoms with Gasteiger partial charge in [0.25, 0.3) is 0 Å². The molecule has 4 aromatic rings. The highest BCUT2D eigenvalue weighted by Crippen LogP contribution is 2.35. The van der Waals surface area contributed by atoms with E-state index in [1.807, 2.05) is 29.1 Å². The number of aromatic nitrogens is 4. The lowest BCUT2D eigenvalue weighted by Gasteiger charge is -2.32. The van der Waals surface area contributed by atoms with Gasteiger partial charge in [-0.2, -0.15) is 5.10 Å². The van der Waals surface area contributed by atoms with Crippen molar-refractivity contribution in [2.24, 2.45) is 0 Å². The molecule has 0 radical (unpaired) electrons. The minimum absolute atomic E-state index is 0.148. The van der Waals surface area contributed by atoms with Crippen LogP contribution in [0.25, 0.3) is 31.9 Å². The number of amides is 1. The van der Waals surface area contributed by atoms with Gasteiger partial charge in [0.1, 0.15) is 10.8 Å².